The van der Waals surface area contributed by atoms with E-state index in [0.717, 1.165) is 0 Å². The molecule has 7 heteroatoms. The molecule has 0 aliphatic heterocycles. The SMILES string of the molecule is CCOP(=O)(COc1ccc(NC(C)=O)cc1)OCC. The molecule has 1 aromatic carbocycles. The quantitative estimate of drug-likeness (QED) is 0.746. The zero-order valence-electron chi connectivity index (χ0n) is 11.9. The first-order valence-electron chi connectivity index (χ1n) is 6.37. The van der Waals surface area contributed by atoms with E-state index in [9.17, 15) is 9.36 Å². The summed E-state index contributed by atoms with van der Waals surface area (Å²) < 4.78 is 27.8. The molecule has 0 saturated heterocycles. The number of amides is 1. The maximum absolute atomic E-state index is 12.2. The van der Waals surface area contributed by atoms with Crippen LogP contribution in [0.4, 0.5) is 5.69 Å². The molecule has 1 amide bonds. The van der Waals surface area contributed by atoms with Crippen LogP contribution in [0, 0.1) is 0 Å². The summed E-state index contributed by atoms with van der Waals surface area (Å²) in [6.45, 7) is 5.51. The first kappa shape index (κ1) is 16.7. The van der Waals surface area contributed by atoms with E-state index in [0.29, 0.717) is 24.7 Å². The highest BCUT2D eigenvalue weighted by atomic mass is 31.2. The monoisotopic (exact) mass is 301 g/mol. The van der Waals surface area contributed by atoms with Gasteiger partial charge in [-0.3, -0.25) is 9.36 Å². The number of rotatable bonds is 8. The van der Waals surface area contributed by atoms with Gasteiger partial charge in [0.1, 0.15) is 5.75 Å². The molecule has 0 aliphatic rings. The number of anilines is 1. The Morgan fingerprint density at radius 1 is 1.15 bits per heavy atom. The van der Waals surface area contributed by atoms with Crippen molar-refractivity contribution in [2.75, 3.05) is 24.9 Å². The van der Waals surface area contributed by atoms with Gasteiger partial charge >= 0.3 is 7.60 Å². The number of carbonyl (C=O) groups is 1. The highest BCUT2D eigenvalue weighted by Gasteiger charge is 2.24. The minimum Gasteiger partial charge on any atom is -0.481 e. The van der Waals surface area contributed by atoms with E-state index in [1.165, 1.54) is 6.92 Å². The molecule has 0 atom stereocenters. The Morgan fingerprint density at radius 2 is 1.70 bits per heavy atom. The fraction of sp³-hybridized carbons (Fsp3) is 0.462. The molecule has 0 aromatic heterocycles. The van der Waals surface area contributed by atoms with Crippen LogP contribution in [-0.4, -0.2) is 25.5 Å². The lowest BCUT2D eigenvalue weighted by atomic mass is 10.3. The van der Waals surface area contributed by atoms with Crippen LogP contribution in [0.3, 0.4) is 0 Å². The lowest BCUT2D eigenvalue weighted by Crippen LogP contribution is -2.07. The third-order valence-electron chi connectivity index (χ3n) is 2.22. The van der Waals surface area contributed by atoms with Gasteiger partial charge in [-0.25, -0.2) is 0 Å². The first-order chi connectivity index (χ1) is 9.49. The van der Waals surface area contributed by atoms with E-state index in [1.54, 1.807) is 38.1 Å². The van der Waals surface area contributed by atoms with Crippen LogP contribution >= 0.6 is 7.60 Å². The van der Waals surface area contributed by atoms with Gasteiger partial charge in [-0.05, 0) is 38.1 Å². The second-order valence-electron chi connectivity index (χ2n) is 3.93. The largest absolute Gasteiger partial charge is 0.481 e. The third kappa shape index (κ3) is 5.74. The van der Waals surface area contributed by atoms with Crippen molar-refractivity contribution in [3.05, 3.63) is 24.3 Å². The summed E-state index contributed by atoms with van der Waals surface area (Å²) in [5, 5.41) is 2.65. The number of ether oxygens (including phenoxy) is 1. The molecule has 0 spiro atoms. The molecule has 1 rings (SSSR count). The third-order valence-corrected chi connectivity index (χ3v) is 3.96. The summed E-state index contributed by atoms with van der Waals surface area (Å²) in [5.41, 5.74) is 0.669. The molecule has 1 N–H and O–H groups in total. The average molecular weight is 301 g/mol. The normalized spacial score (nSPS) is 11.2. The van der Waals surface area contributed by atoms with Gasteiger partial charge in [-0.15, -0.1) is 0 Å². The molecule has 0 heterocycles. The second kappa shape index (κ2) is 8.04. The molecule has 0 bridgehead atoms. The topological polar surface area (TPSA) is 73.9 Å². The van der Waals surface area contributed by atoms with Crippen LogP contribution in [0.1, 0.15) is 20.8 Å². The summed E-state index contributed by atoms with van der Waals surface area (Å²) in [7, 11) is -3.21. The molecular weight excluding hydrogens is 281 g/mol. The highest BCUT2D eigenvalue weighted by molar-refractivity contribution is 7.53. The van der Waals surface area contributed by atoms with Crippen molar-refractivity contribution >= 4 is 19.2 Å². The van der Waals surface area contributed by atoms with Crippen molar-refractivity contribution in [3.8, 4) is 5.75 Å². The summed E-state index contributed by atoms with van der Waals surface area (Å²) in [4.78, 5) is 10.9. The van der Waals surface area contributed by atoms with Crippen LogP contribution in [-0.2, 0) is 18.4 Å². The summed E-state index contributed by atoms with van der Waals surface area (Å²) in [5.74, 6) is 0.384. The highest BCUT2D eigenvalue weighted by Crippen LogP contribution is 2.47. The van der Waals surface area contributed by atoms with Crippen LogP contribution in [0.15, 0.2) is 24.3 Å². The van der Waals surface area contributed by atoms with Gasteiger partial charge in [0.05, 0.1) is 13.2 Å². The van der Waals surface area contributed by atoms with E-state index in [4.69, 9.17) is 13.8 Å². The first-order valence-corrected chi connectivity index (χ1v) is 8.10. The maximum Gasteiger partial charge on any atom is 0.367 e. The average Bonchev–Trinajstić information content (AvgIpc) is 2.38. The molecule has 0 unspecified atom stereocenters. The fourth-order valence-corrected chi connectivity index (χ4v) is 2.81. The Bertz CT molecular complexity index is 464. The zero-order chi connectivity index (χ0) is 15.0. The van der Waals surface area contributed by atoms with Crippen LogP contribution in [0.2, 0.25) is 0 Å². The molecule has 20 heavy (non-hydrogen) atoms. The van der Waals surface area contributed by atoms with E-state index < -0.39 is 7.60 Å². The molecule has 112 valence electrons. The summed E-state index contributed by atoms with van der Waals surface area (Å²) in [6.07, 6.45) is -0.145. The molecule has 0 saturated carbocycles. The lowest BCUT2D eigenvalue weighted by molar-refractivity contribution is -0.114. The fourth-order valence-electron chi connectivity index (χ4n) is 1.50. The number of benzene rings is 1. The minimum atomic E-state index is -3.21. The predicted molar refractivity (Wildman–Crippen MR) is 77.1 cm³/mol. The van der Waals surface area contributed by atoms with E-state index in [1.807, 2.05) is 0 Å². The molecular formula is C13H20NO5P. The Balaban J connectivity index is 2.59. The van der Waals surface area contributed by atoms with Crippen LogP contribution in [0.25, 0.3) is 0 Å². The molecule has 0 aliphatic carbocycles. The minimum absolute atomic E-state index is 0.143. The summed E-state index contributed by atoms with van der Waals surface area (Å²) in [6, 6.07) is 6.74. The van der Waals surface area contributed by atoms with Crippen molar-refractivity contribution in [2.45, 2.75) is 20.8 Å². The van der Waals surface area contributed by atoms with E-state index in [2.05, 4.69) is 5.32 Å². The van der Waals surface area contributed by atoms with Crippen molar-refractivity contribution in [1.82, 2.24) is 0 Å². The van der Waals surface area contributed by atoms with Crippen molar-refractivity contribution in [2.24, 2.45) is 0 Å². The van der Waals surface area contributed by atoms with Gasteiger partial charge in [0.15, 0.2) is 6.35 Å². The standard InChI is InChI=1S/C13H20NO5P/c1-4-18-20(16,19-5-2)10-17-13-8-6-12(7-9-13)14-11(3)15/h6-9H,4-5,10H2,1-3H3,(H,14,15). The van der Waals surface area contributed by atoms with E-state index in [-0.39, 0.29) is 12.3 Å². The Kier molecular flexibility index (Phi) is 6.71. The van der Waals surface area contributed by atoms with Gasteiger partial charge in [0, 0.05) is 12.6 Å². The number of carbonyl (C=O) groups excluding carboxylic acids is 1. The van der Waals surface area contributed by atoms with Gasteiger partial charge < -0.3 is 19.1 Å². The van der Waals surface area contributed by atoms with Gasteiger partial charge in [0.25, 0.3) is 0 Å². The van der Waals surface area contributed by atoms with Gasteiger partial charge in [-0.2, -0.15) is 0 Å². The maximum atomic E-state index is 12.2. The van der Waals surface area contributed by atoms with E-state index >= 15 is 0 Å². The number of hydrogen-bond acceptors (Lipinski definition) is 5. The molecule has 0 fully saturated rings. The van der Waals surface area contributed by atoms with Crippen LogP contribution < -0.4 is 10.1 Å². The van der Waals surface area contributed by atoms with Gasteiger partial charge in [0.2, 0.25) is 5.91 Å². The number of nitrogens with one attached hydrogen (secondary N) is 1. The number of hydrogen-bond donors (Lipinski definition) is 1. The molecule has 6 nitrogen and oxygen atoms in total. The second-order valence-corrected chi connectivity index (χ2v) is 5.92. The van der Waals surface area contributed by atoms with Gasteiger partial charge in [-0.1, -0.05) is 0 Å². The lowest BCUT2D eigenvalue weighted by Gasteiger charge is -2.17. The van der Waals surface area contributed by atoms with Crippen molar-refractivity contribution in [1.29, 1.82) is 0 Å². The predicted octanol–water partition coefficient (Wildman–Crippen LogP) is 3.25. The Labute approximate surface area is 119 Å². The Hall–Kier alpha value is -1.36. The molecule has 1 aromatic rings. The van der Waals surface area contributed by atoms with Crippen LogP contribution in [0.5, 0.6) is 5.75 Å². The van der Waals surface area contributed by atoms with Crippen molar-refractivity contribution in [3.63, 3.8) is 0 Å². The Morgan fingerprint density at radius 3 is 2.15 bits per heavy atom. The van der Waals surface area contributed by atoms with Crippen molar-refractivity contribution < 1.29 is 23.1 Å². The summed E-state index contributed by atoms with van der Waals surface area (Å²) >= 11 is 0. The smallest absolute Gasteiger partial charge is 0.367 e. The molecule has 0 radical (unpaired) electrons. The zero-order valence-corrected chi connectivity index (χ0v) is 12.8.